The minimum atomic E-state index is 0.286. The summed E-state index contributed by atoms with van der Waals surface area (Å²) >= 11 is 0. The van der Waals surface area contributed by atoms with E-state index in [9.17, 15) is 0 Å². The van der Waals surface area contributed by atoms with Gasteiger partial charge in [0.15, 0.2) is 0 Å². The topological polar surface area (TPSA) is 47.3 Å². The molecule has 0 atom stereocenters. The molecular weight excluding hydrogens is 176 g/mol. The van der Waals surface area contributed by atoms with E-state index >= 15 is 0 Å². The van der Waals surface area contributed by atoms with Crippen molar-refractivity contribution in [3.05, 3.63) is 29.8 Å². The van der Waals surface area contributed by atoms with Crippen molar-refractivity contribution in [3.63, 3.8) is 0 Å². The average Bonchev–Trinajstić information content (AvgIpc) is 2.18. The van der Waals surface area contributed by atoms with Gasteiger partial charge < -0.3 is 10.0 Å². The Morgan fingerprint density at radius 1 is 1.36 bits per heavy atom. The molecule has 0 saturated carbocycles. The lowest BCUT2D eigenvalue weighted by atomic mass is 10.2. The number of nitriles is 1. The van der Waals surface area contributed by atoms with Crippen LogP contribution in [0.15, 0.2) is 24.3 Å². The second-order valence-corrected chi connectivity index (χ2v) is 3.31. The highest BCUT2D eigenvalue weighted by atomic mass is 16.3. The average molecular weight is 190 g/mol. The smallest absolute Gasteiger partial charge is 0.115 e. The Kier molecular flexibility index (Phi) is 3.96. The Balaban J connectivity index is 2.44. The highest BCUT2D eigenvalue weighted by Crippen LogP contribution is 2.10. The van der Waals surface area contributed by atoms with E-state index in [1.807, 2.05) is 19.2 Å². The van der Waals surface area contributed by atoms with E-state index in [0.717, 1.165) is 18.7 Å². The Labute approximate surface area is 84.2 Å². The van der Waals surface area contributed by atoms with Gasteiger partial charge in [0.05, 0.1) is 6.07 Å². The number of aromatic hydroxyl groups is 1. The maximum atomic E-state index is 9.08. The summed E-state index contributed by atoms with van der Waals surface area (Å²) in [6, 6.07) is 9.23. The second-order valence-electron chi connectivity index (χ2n) is 3.31. The summed E-state index contributed by atoms with van der Waals surface area (Å²) in [5.41, 5.74) is 1.14. The first kappa shape index (κ1) is 10.6. The first-order valence-corrected chi connectivity index (χ1v) is 4.56. The fourth-order valence-corrected chi connectivity index (χ4v) is 1.23. The van der Waals surface area contributed by atoms with Gasteiger partial charge in [0.1, 0.15) is 5.75 Å². The van der Waals surface area contributed by atoms with Crippen LogP contribution in [0.2, 0.25) is 0 Å². The Bertz CT molecular complexity index is 313. The van der Waals surface area contributed by atoms with E-state index in [4.69, 9.17) is 10.4 Å². The number of phenolic OH excluding ortho intramolecular Hbond substituents is 1. The van der Waals surface area contributed by atoms with Crippen LogP contribution >= 0.6 is 0 Å². The highest BCUT2D eigenvalue weighted by Gasteiger charge is 1.99. The quantitative estimate of drug-likeness (QED) is 0.786. The van der Waals surface area contributed by atoms with Crippen LogP contribution < -0.4 is 0 Å². The molecule has 0 aliphatic heterocycles. The third kappa shape index (κ3) is 3.46. The molecule has 0 unspecified atom stereocenters. The first-order chi connectivity index (χ1) is 6.72. The predicted molar refractivity (Wildman–Crippen MR) is 54.7 cm³/mol. The molecule has 3 nitrogen and oxygen atoms in total. The first-order valence-electron chi connectivity index (χ1n) is 4.56. The minimum Gasteiger partial charge on any atom is -0.508 e. The largest absolute Gasteiger partial charge is 0.508 e. The summed E-state index contributed by atoms with van der Waals surface area (Å²) in [7, 11) is 1.98. The van der Waals surface area contributed by atoms with E-state index in [0.29, 0.717) is 6.42 Å². The molecule has 0 spiro atoms. The second kappa shape index (κ2) is 5.25. The molecule has 1 aromatic rings. The molecule has 1 N–H and O–H groups in total. The molecule has 0 fully saturated rings. The van der Waals surface area contributed by atoms with Crippen molar-refractivity contribution in [2.24, 2.45) is 0 Å². The molecule has 0 aromatic heterocycles. The molecule has 0 aliphatic rings. The van der Waals surface area contributed by atoms with Crippen LogP contribution in [-0.2, 0) is 6.54 Å². The third-order valence-electron chi connectivity index (χ3n) is 1.99. The maximum absolute atomic E-state index is 9.08. The highest BCUT2D eigenvalue weighted by molar-refractivity contribution is 5.25. The van der Waals surface area contributed by atoms with Gasteiger partial charge >= 0.3 is 0 Å². The van der Waals surface area contributed by atoms with Crippen LogP contribution in [0.4, 0.5) is 0 Å². The van der Waals surface area contributed by atoms with E-state index in [1.165, 1.54) is 0 Å². The van der Waals surface area contributed by atoms with Gasteiger partial charge in [-0.3, -0.25) is 0 Å². The number of phenols is 1. The standard InChI is InChI=1S/C11H14N2O/c1-13(8-2-7-12)9-10-3-5-11(14)6-4-10/h3-6,14H,2,8-9H2,1H3. The van der Waals surface area contributed by atoms with Crippen molar-refractivity contribution in [1.29, 1.82) is 5.26 Å². The van der Waals surface area contributed by atoms with E-state index in [1.54, 1.807) is 12.1 Å². The van der Waals surface area contributed by atoms with Gasteiger partial charge in [-0.1, -0.05) is 12.1 Å². The molecule has 3 heteroatoms. The Hall–Kier alpha value is -1.53. The van der Waals surface area contributed by atoms with Crippen molar-refractivity contribution < 1.29 is 5.11 Å². The van der Waals surface area contributed by atoms with Crippen LogP contribution in [-0.4, -0.2) is 23.6 Å². The van der Waals surface area contributed by atoms with Gasteiger partial charge in [-0.25, -0.2) is 0 Å². The molecule has 0 bridgehead atoms. The molecule has 74 valence electrons. The predicted octanol–water partition coefficient (Wildman–Crippen LogP) is 1.74. The van der Waals surface area contributed by atoms with Gasteiger partial charge in [-0.15, -0.1) is 0 Å². The molecule has 0 radical (unpaired) electrons. The van der Waals surface area contributed by atoms with Crippen LogP contribution in [0, 0.1) is 11.3 Å². The van der Waals surface area contributed by atoms with Gasteiger partial charge in [0, 0.05) is 19.5 Å². The monoisotopic (exact) mass is 190 g/mol. The zero-order chi connectivity index (χ0) is 10.4. The molecule has 0 amide bonds. The summed E-state index contributed by atoms with van der Waals surface area (Å²) < 4.78 is 0. The fourth-order valence-electron chi connectivity index (χ4n) is 1.23. The van der Waals surface area contributed by atoms with Crippen molar-refractivity contribution in [1.82, 2.24) is 4.90 Å². The molecular formula is C11H14N2O. The van der Waals surface area contributed by atoms with Crippen LogP contribution in [0.5, 0.6) is 5.75 Å². The molecule has 1 rings (SSSR count). The van der Waals surface area contributed by atoms with Gasteiger partial charge in [0.2, 0.25) is 0 Å². The Morgan fingerprint density at radius 2 is 2.00 bits per heavy atom. The van der Waals surface area contributed by atoms with Crippen LogP contribution in [0.1, 0.15) is 12.0 Å². The summed E-state index contributed by atoms with van der Waals surface area (Å²) in [6.07, 6.45) is 0.550. The van der Waals surface area contributed by atoms with Crippen LogP contribution in [0.25, 0.3) is 0 Å². The number of benzene rings is 1. The summed E-state index contributed by atoms with van der Waals surface area (Å²) in [4.78, 5) is 2.08. The van der Waals surface area contributed by atoms with E-state index < -0.39 is 0 Å². The normalized spacial score (nSPS) is 10.1. The van der Waals surface area contributed by atoms with Gasteiger partial charge in [-0.2, -0.15) is 5.26 Å². The minimum absolute atomic E-state index is 0.286. The third-order valence-corrected chi connectivity index (χ3v) is 1.99. The zero-order valence-electron chi connectivity index (χ0n) is 8.27. The van der Waals surface area contributed by atoms with Crippen molar-refractivity contribution in [3.8, 4) is 11.8 Å². The maximum Gasteiger partial charge on any atom is 0.115 e. The van der Waals surface area contributed by atoms with E-state index in [2.05, 4.69) is 11.0 Å². The fraction of sp³-hybridized carbons (Fsp3) is 0.364. The van der Waals surface area contributed by atoms with Crippen molar-refractivity contribution >= 4 is 0 Å². The van der Waals surface area contributed by atoms with Crippen molar-refractivity contribution in [2.75, 3.05) is 13.6 Å². The summed E-state index contributed by atoms with van der Waals surface area (Å²) in [6.45, 7) is 1.58. The SMILES string of the molecule is CN(CCC#N)Cc1ccc(O)cc1. The lowest BCUT2D eigenvalue weighted by molar-refractivity contribution is 0.335. The lowest BCUT2D eigenvalue weighted by Gasteiger charge is -2.14. The van der Waals surface area contributed by atoms with Gasteiger partial charge in [0.25, 0.3) is 0 Å². The molecule has 14 heavy (non-hydrogen) atoms. The number of rotatable bonds is 4. The van der Waals surface area contributed by atoms with Crippen LogP contribution in [0.3, 0.4) is 0 Å². The van der Waals surface area contributed by atoms with Crippen molar-refractivity contribution in [2.45, 2.75) is 13.0 Å². The molecule has 0 aliphatic carbocycles. The molecule has 0 heterocycles. The summed E-state index contributed by atoms with van der Waals surface area (Å²) in [5, 5.41) is 17.5. The number of hydrogen-bond acceptors (Lipinski definition) is 3. The lowest BCUT2D eigenvalue weighted by Crippen LogP contribution is -2.18. The molecule has 0 saturated heterocycles. The molecule has 1 aromatic carbocycles. The number of nitrogens with zero attached hydrogens (tertiary/aromatic N) is 2. The zero-order valence-corrected chi connectivity index (χ0v) is 8.27. The van der Waals surface area contributed by atoms with E-state index in [-0.39, 0.29) is 5.75 Å². The summed E-state index contributed by atoms with van der Waals surface area (Å²) in [5.74, 6) is 0.286. The van der Waals surface area contributed by atoms with Gasteiger partial charge in [-0.05, 0) is 24.7 Å². The Morgan fingerprint density at radius 3 is 2.57 bits per heavy atom. The number of hydrogen-bond donors (Lipinski definition) is 1.